The van der Waals surface area contributed by atoms with Crippen molar-refractivity contribution in [1.82, 2.24) is 14.2 Å². The van der Waals surface area contributed by atoms with Crippen LogP contribution in [0.4, 0.5) is 21.6 Å². The van der Waals surface area contributed by atoms with Crippen LogP contribution in [0.2, 0.25) is 5.02 Å². The van der Waals surface area contributed by atoms with Crippen LogP contribution in [0.3, 0.4) is 0 Å². The maximum atomic E-state index is 14.8. The Labute approximate surface area is 250 Å². The first-order valence-electron chi connectivity index (χ1n) is 13.9. The van der Waals surface area contributed by atoms with Crippen molar-refractivity contribution in [3.8, 4) is 11.5 Å². The van der Waals surface area contributed by atoms with E-state index in [-0.39, 0.29) is 40.2 Å². The van der Waals surface area contributed by atoms with E-state index in [9.17, 15) is 14.0 Å². The number of rotatable bonds is 11. The number of amides is 1. The van der Waals surface area contributed by atoms with Crippen LogP contribution in [0.5, 0.6) is 11.5 Å². The molecule has 0 aliphatic heterocycles. The number of ether oxygens (including phenoxy) is 1. The number of hydrogen-bond acceptors (Lipinski definition) is 7. The van der Waals surface area contributed by atoms with Gasteiger partial charge in [0.05, 0.1) is 16.9 Å². The Kier molecular flexibility index (Phi) is 11.5. The molecule has 1 saturated carbocycles. The number of benzene rings is 2. The summed E-state index contributed by atoms with van der Waals surface area (Å²) in [7, 11) is 1.53. The second-order valence-electron chi connectivity index (χ2n) is 9.43. The quantitative estimate of drug-likeness (QED) is 0.195. The highest BCUT2D eigenvalue weighted by Gasteiger charge is 2.31. The van der Waals surface area contributed by atoms with Crippen molar-refractivity contribution in [3.63, 3.8) is 0 Å². The van der Waals surface area contributed by atoms with E-state index in [0.717, 1.165) is 31.5 Å². The van der Waals surface area contributed by atoms with E-state index in [0.29, 0.717) is 10.7 Å². The summed E-state index contributed by atoms with van der Waals surface area (Å²) in [4.78, 5) is 26.9. The summed E-state index contributed by atoms with van der Waals surface area (Å²) in [5.74, 6) is -0.493. The van der Waals surface area contributed by atoms with Crippen molar-refractivity contribution in [2.75, 3.05) is 23.1 Å². The van der Waals surface area contributed by atoms with Gasteiger partial charge in [-0.25, -0.2) is 8.70 Å². The normalized spacial score (nSPS) is 12.4. The van der Waals surface area contributed by atoms with Crippen molar-refractivity contribution in [2.45, 2.75) is 60.4 Å². The zero-order valence-electron chi connectivity index (χ0n) is 24.7. The molecule has 8 nitrogen and oxygen atoms in total. The third-order valence-corrected chi connectivity index (χ3v) is 7.92. The summed E-state index contributed by atoms with van der Waals surface area (Å²) in [6, 6.07) is 9.99. The maximum absolute atomic E-state index is 14.8. The van der Waals surface area contributed by atoms with Crippen molar-refractivity contribution < 1.29 is 13.9 Å². The molecule has 3 N–H and O–H groups in total. The van der Waals surface area contributed by atoms with Gasteiger partial charge in [-0.05, 0) is 56.5 Å². The van der Waals surface area contributed by atoms with Crippen LogP contribution in [0.1, 0.15) is 62.0 Å². The van der Waals surface area contributed by atoms with Crippen LogP contribution in [-0.2, 0) is 7.05 Å². The molecule has 1 heterocycles. The minimum Gasteiger partial charge on any atom is -0.454 e. The van der Waals surface area contributed by atoms with Gasteiger partial charge in [0.2, 0.25) is 0 Å². The van der Waals surface area contributed by atoms with E-state index in [1.807, 2.05) is 19.9 Å². The largest absolute Gasteiger partial charge is 0.454 e. The molecule has 41 heavy (non-hydrogen) atoms. The Bertz CT molecular complexity index is 1440. The number of pyridine rings is 1. The third kappa shape index (κ3) is 7.75. The van der Waals surface area contributed by atoms with E-state index in [2.05, 4.69) is 33.5 Å². The molecule has 1 aliphatic rings. The first kappa shape index (κ1) is 32.3. The predicted molar refractivity (Wildman–Crippen MR) is 168 cm³/mol. The number of anilines is 3. The van der Waals surface area contributed by atoms with Crippen molar-refractivity contribution in [2.24, 2.45) is 7.05 Å². The lowest BCUT2D eigenvalue weighted by Crippen LogP contribution is -2.31. The minimum absolute atomic E-state index is 0.0417. The molecular formula is C30H39ClFN5O3S. The Morgan fingerprint density at radius 2 is 1.83 bits per heavy atom. The molecule has 0 unspecified atom stereocenters. The lowest BCUT2D eigenvalue weighted by atomic mass is 10.1. The number of nitrogens with zero attached hydrogens (tertiary/aromatic N) is 2. The highest BCUT2D eigenvalue weighted by molar-refractivity contribution is 7.98. The van der Waals surface area contributed by atoms with Gasteiger partial charge in [0, 0.05) is 38.3 Å². The monoisotopic (exact) mass is 603 g/mol. The number of halogens is 2. The van der Waals surface area contributed by atoms with Crippen molar-refractivity contribution in [1.29, 1.82) is 0 Å². The summed E-state index contributed by atoms with van der Waals surface area (Å²) in [5.41, 5.74) is 1.41. The highest BCUT2D eigenvalue weighted by atomic mass is 35.5. The molecular weight excluding hydrogens is 565 g/mol. The van der Waals surface area contributed by atoms with Gasteiger partial charge < -0.3 is 20.1 Å². The van der Waals surface area contributed by atoms with Crippen LogP contribution in [-0.4, -0.2) is 33.9 Å². The maximum Gasteiger partial charge on any atom is 0.259 e. The Hall–Kier alpha value is -3.21. The second-order valence-corrected chi connectivity index (χ2v) is 10.7. The van der Waals surface area contributed by atoms with Crippen LogP contribution >= 0.6 is 23.7 Å². The zero-order chi connectivity index (χ0) is 30.3. The fraction of sp³-hybridized carbons (Fsp3) is 0.400. The van der Waals surface area contributed by atoms with Crippen LogP contribution in [0.25, 0.3) is 0 Å². The van der Waals surface area contributed by atoms with Crippen LogP contribution < -0.4 is 25.7 Å². The Balaban J connectivity index is 0.00000226. The molecule has 0 atom stereocenters. The topological polar surface area (TPSA) is 87.6 Å². The fourth-order valence-electron chi connectivity index (χ4n) is 3.98. The summed E-state index contributed by atoms with van der Waals surface area (Å²) in [6.45, 7) is 13.2. The fourth-order valence-corrected chi connectivity index (χ4v) is 4.90. The van der Waals surface area contributed by atoms with E-state index >= 15 is 0 Å². The van der Waals surface area contributed by atoms with Crippen LogP contribution in [0.15, 0.2) is 41.2 Å². The van der Waals surface area contributed by atoms with Gasteiger partial charge in [0.1, 0.15) is 28.0 Å². The molecule has 11 heteroatoms. The summed E-state index contributed by atoms with van der Waals surface area (Å²) in [5, 5.41) is 6.24. The molecule has 0 radical (unpaired) electrons. The van der Waals surface area contributed by atoms with Gasteiger partial charge >= 0.3 is 0 Å². The standard InChI is InChI=1S/C28H33ClFN5O3S.C2H6/c1-6-35(7-2)39-33-21-9-8-10-22(24(21)29)38-25-17(4)28(37)34(5)26(23(25)27(36)31-18-12-13-18)32-20-14-11-16(3)15-19(20)30;1-2/h8-11,14-15,18,32-33H,6-7,12-13H2,1-5H3,(H,31,36);1-2H3. The molecule has 0 spiro atoms. The number of carbonyl (C=O) groups is 1. The smallest absolute Gasteiger partial charge is 0.259 e. The number of carbonyl (C=O) groups excluding carboxylic acids is 1. The molecule has 0 saturated heterocycles. The zero-order valence-corrected chi connectivity index (χ0v) is 26.2. The van der Waals surface area contributed by atoms with Gasteiger partial charge in [0.25, 0.3) is 11.5 Å². The van der Waals surface area contributed by atoms with Gasteiger partial charge in [-0.3, -0.25) is 14.2 Å². The molecule has 4 rings (SSSR count). The number of aromatic nitrogens is 1. The van der Waals surface area contributed by atoms with Gasteiger partial charge in [0.15, 0.2) is 5.75 Å². The minimum atomic E-state index is -0.508. The molecule has 1 aromatic heterocycles. The highest BCUT2D eigenvalue weighted by Crippen LogP contribution is 2.40. The molecule has 1 amide bonds. The number of hydrogen-bond donors (Lipinski definition) is 3. The molecule has 222 valence electrons. The van der Waals surface area contributed by atoms with Gasteiger partial charge in [-0.15, -0.1) is 0 Å². The van der Waals surface area contributed by atoms with E-state index < -0.39 is 17.3 Å². The summed E-state index contributed by atoms with van der Waals surface area (Å²) >= 11 is 8.13. The molecule has 3 aromatic rings. The lowest BCUT2D eigenvalue weighted by molar-refractivity contribution is 0.0948. The number of nitrogens with one attached hydrogen (secondary N) is 3. The van der Waals surface area contributed by atoms with E-state index in [4.69, 9.17) is 16.3 Å². The van der Waals surface area contributed by atoms with Crippen molar-refractivity contribution >= 4 is 46.8 Å². The number of aryl methyl sites for hydroxylation is 1. The van der Waals surface area contributed by atoms with Crippen LogP contribution in [0, 0.1) is 19.7 Å². The van der Waals surface area contributed by atoms with E-state index in [1.165, 1.54) is 29.8 Å². The van der Waals surface area contributed by atoms with Gasteiger partial charge in [-0.2, -0.15) is 0 Å². The molecule has 1 aliphatic carbocycles. The average molecular weight is 604 g/mol. The first-order valence-corrected chi connectivity index (χ1v) is 15.0. The predicted octanol–water partition coefficient (Wildman–Crippen LogP) is 7.57. The SMILES string of the molecule is CC.CCN(CC)SNc1cccc(Oc2c(C(=O)NC3CC3)c(Nc3ccc(C)cc3F)n(C)c(=O)c2C)c1Cl. The third-order valence-electron chi connectivity index (χ3n) is 6.45. The summed E-state index contributed by atoms with van der Waals surface area (Å²) < 4.78 is 27.7. The first-order chi connectivity index (χ1) is 19.6. The van der Waals surface area contributed by atoms with E-state index in [1.54, 1.807) is 38.1 Å². The Morgan fingerprint density at radius 3 is 2.44 bits per heavy atom. The van der Waals surface area contributed by atoms with Gasteiger partial charge in [-0.1, -0.05) is 51.4 Å². The van der Waals surface area contributed by atoms with Crippen molar-refractivity contribution in [3.05, 3.63) is 74.3 Å². The summed E-state index contributed by atoms with van der Waals surface area (Å²) in [6.07, 6.45) is 1.73. The lowest BCUT2D eigenvalue weighted by Gasteiger charge is -2.22. The second kappa shape index (κ2) is 14.6. The average Bonchev–Trinajstić information content (AvgIpc) is 3.78. The molecule has 0 bridgehead atoms. The molecule has 1 fully saturated rings. The Morgan fingerprint density at radius 1 is 1.15 bits per heavy atom. The molecule has 2 aromatic carbocycles.